The van der Waals surface area contributed by atoms with Crippen LogP contribution in [0.5, 0.6) is 0 Å². The van der Waals surface area contributed by atoms with Gasteiger partial charge in [-0.3, -0.25) is 9.59 Å². The maximum absolute atomic E-state index is 12.8. The molecule has 9 heteroatoms. The highest BCUT2D eigenvalue weighted by Gasteiger charge is 2.33. The smallest absolute Gasteiger partial charge is 0.255 e. The standard InChI is InChI=1S/C21H17Cl3N4O2/c22-13-3-6-15(7-4-13)27-19(29)11-25-21(30)16-10-26-28(20(16)12-1-2-12)18-8-5-14(23)9-17(18)24/h3-10,12H,1-2,11H2,(H,25,30)(H,27,29). The highest BCUT2D eigenvalue weighted by Crippen LogP contribution is 2.43. The van der Waals surface area contributed by atoms with Gasteiger partial charge in [-0.05, 0) is 55.3 Å². The summed E-state index contributed by atoms with van der Waals surface area (Å²) in [5.41, 5.74) is 2.47. The lowest BCUT2D eigenvalue weighted by Gasteiger charge is -2.11. The second-order valence-electron chi connectivity index (χ2n) is 6.96. The fourth-order valence-electron chi connectivity index (χ4n) is 3.12. The minimum absolute atomic E-state index is 0.168. The number of nitrogens with one attached hydrogen (secondary N) is 2. The molecule has 2 amide bonds. The first-order valence-electron chi connectivity index (χ1n) is 9.29. The van der Waals surface area contributed by atoms with Gasteiger partial charge in [-0.2, -0.15) is 5.10 Å². The molecule has 1 fully saturated rings. The van der Waals surface area contributed by atoms with E-state index in [1.165, 1.54) is 6.20 Å². The van der Waals surface area contributed by atoms with E-state index < -0.39 is 0 Å². The molecule has 30 heavy (non-hydrogen) atoms. The third kappa shape index (κ3) is 4.61. The molecule has 0 bridgehead atoms. The number of aromatic nitrogens is 2. The van der Waals surface area contributed by atoms with E-state index in [9.17, 15) is 9.59 Å². The fourth-order valence-corrected chi connectivity index (χ4v) is 3.74. The largest absolute Gasteiger partial charge is 0.343 e. The number of amides is 2. The average molecular weight is 464 g/mol. The van der Waals surface area contributed by atoms with Crippen molar-refractivity contribution in [1.29, 1.82) is 0 Å². The molecule has 1 heterocycles. The van der Waals surface area contributed by atoms with Crippen molar-refractivity contribution < 1.29 is 9.59 Å². The van der Waals surface area contributed by atoms with Crippen molar-refractivity contribution in [3.63, 3.8) is 0 Å². The zero-order valence-corrected chi connectivity index (χ0v) is 17.9. The summed E-state index contributed by atoms with van der Waals surface area (Å²) in [6.45, 7) is -0.168. The number of halogens is 3. The second kappa shape index (κ2) is 8.68. The lowest BCUT2D eigenvalue weighted by Crippen LogP contribution is -2.33. The van der Waals surface area contributed by atoms with E-state index in [1.807, 2.05) is 0 Å². The molecule has 3 aromatic rings. The number of hydrogen-bond donors (Lipinski definition) is 2. The molecule has 0 saturated heterocycles. The van der Waals surface area contributed by atoms with Crippen LogP contribution in [-0.4, -0.2) is 28.1 Å². The van der Waals surface area contributed by atoms with Gasteiger partial charge in [-0.1, -0.05) is 34.8 Å². The van der Waals surface area contributed by atoms with Crippen LogP contribution in [0.25, 0.3) is 5.69 Å². The van der Waals surface area contributed by atoms with E-state index in [4.69, 9.17) is 34.8 Å². The Hall–Kier alpha value is -2.54. The molecule has 0 aliphatic heterocycles. The van der Waals surface area contributed by atoms with Crippen molar-refractivity contribution in [2.24, 2.45) is 0 Å². The van der Waals surface area contributed by atoms with Crippen LogP contribution in [0.15, 0.2) is 48.7 Å². The second-order valence-corrected chi connectivity index (χ2v) is 8.24. The Kier molecular flexibility index (Phi) is 5.99. The zero-order chi connectivity index (χ0) is 21.3. The molecule has 2 aromatic carbocycles. The molecular weight excluding hydrogens is 447 g/mol. The number of rotatable bonds is 6. The lowest BCUT2D eigenvalue weighted by atomic mass is 10.1. The number of carbonyl (C=O) groups is 2. The van der Waals surface area contributed by atoms with Gasteiger partial charge in [0.05, 0.1) is 34.7 Å². The molecule has 4 rings (SSSR count). The van der Waals surface area contributed by atoms with Crippen LogP contribution in [-0.2, 0) is 4.79 Å². The summed E-state index contributed by atoms with van der Waals surface area (Å²) in [5.74, 6) is -0.478. The van der Waals surface area contributed by atoms with Gasteiger partial charge in [0.1, 0.15) is 0 Å². The van der Waals surface area contributed by atoms with Crippen molar-refractivity contribution in [3.8, 4) is 5.69 Å². The maximum Gasteiger partial charge on any atom is 0.255 e. The summed E-state index contributed by atoms with van der Waals surface area (Å²) in [4.78, 5) is 24.9. The summed E-state index contributed by atoms with van der Waals surface area (Å²) in [7, 11) is 0. The number of anilines is 1. The number of benzene rings is 2. The van der Waals surface area contributed by atoms with Crippen LogP contribution in [0, 0.1) is 0 Å². The van der Waals surface area contributed by atoms with Crippen LogP contribution < -0.4 is 10.6 Å². The normalized spacial score (nSPS) is 13.2. The Morgan fingerprint density at radius 1 is 1.03 bits per heavy atom. The molecule has 1 aliphatic rings. The van der Waals surface area contributed by atoms with Crippen LogP contribution in [0.1, 0.15) is 34.8 Å². The van der Waals surface area contributed by atoms with E-state index in [0.717, 1.165) is 18.5 Å². The van der Waals surface area contributed by atoms with Crippen LogP contribution >= 0.6 is 34.8 Å². The molecule has 0 spiro atoms. The maximum atomic E-state index is 12.8. The fraction of sp³-hybridized carbons (Fsp3) is 0.190. The topological polar surface area (TPSA) is 76.0 Å². The number of nitrogens with zero attached hydrogens (tertiary/aromatic N) is 2. The highest BCUT2D eigenvalue weighted by molar-refractivity contribution is 6.35. The molecule has 2 N–H and O–H groups in total. The predicted octanol–water partition coefficient (Wildman–Crippen LogP) is 5.08. The molecule has 154 valence electrons. The van der Waals surface area contributed by atoms with Crippen molar-refractivity contribution in [2.45, 2.75) is 18.8 Å². The van der Waals surface area contributed by atoms with E-state index in [1.54, 1.807) is 47.1 Å². The third-order valence-corrected chi connectivity index (χ3v) is 5.48. The monoisotopic (exact) mass is 462 g/mol. The highest BCUT2D eigenvalue weighted by atomic mass is 35.5. The zero-order valence-electron chi connectivity index (χ0n) is 15.7. The van der Waals surface area contributed by atoms with Crippen molar-refractivity contribution in [2.75, 3.05) is 11.9 Å². The van der Waals surface area contributed by atoms with Gasteiger partial charge >= 0.3 is 0 Å². The molecule has 1 aliphatic carbocycles. The van der Waals surface area contributed by atoms with Gasteiger partial charge in [0, 0.05) is 21.7 Å². The summed E-state index contributed by atoms with van der Waals surface area (Å²) in [6.07, 6.45) is 3.44. The summed E-state index contributed by atoms with van der Waals surface area (Å²) >= 11 is 18.2. The Morgan fingerprint density at radius 2 is 1.73 bits per heavy atom. The molecular formula is C21H17Cl3N4O2. The van der Waals surface area contributed by atoms with Gasteiger partial charge in [0.25, 0.3) is 5.91 Å². The van der Waals surface area contributed by atoms with Crippen LogP contribution in [0.2, 0.25) is 15.1 Å². The Bertz CT molecular complexity index is 1110. The van der Waals surface area contributed by atoms with Gasteiger partial charge < -0.3 is 10.6 Å². The van der Waals surface area contributed by atoms with E-state index in [-0.39, 0.29) is 24.3 Å². The van der Waals surface area contributed by atoms with E-state index in [2.05, 4.69) is 15.7 Å². The van der Waals surface area contributed by atoms with E-state index >= 15 is 0 Å². The van der Waals surface area contributed by atoms with Gasteiger partial charge in [-0.15, -0.1) is 0 Å². The first-order chi connectivity index (χ1) is 14.4. The molecule has 0 atom stereocenters. The van der Waals surface area contributed by atoms with Crippen molar-refractivity contribution in [1.82, 2.24) is 15.1 Å². The summed E-state index contributed by atoms with van der Waals surface area (Å²) in [6, 6.07) is 11.9. The van der Waals surface area contributed by atoms with Crippen LogP contribution in [0.3, 0.4) is 0 Å². The number of carbonyl (C=O) groups excluding carboxylic acids is 2. The average Bonchev–Trinajstić information content (AvgIpc) is 3.46. The molecule has 6 nitrogen and oxygen atoms in total. The Labute approximate surface area is 188 Å². The molecule has 0 radical (unpaired) electrons. The van der Waals surface area contributed by atoms with Gasteiger partial charge in [-0.25, -0.2) is 4.68 Å². The third-order valence-electron chi connectivity index (χ3n) is 4.69. The van der Waals surface area contributed by atoms with Crippen LogP contribution in [0.4, 0.5) is 5.69 Å². The molecule has 0 unspecified atom stereocenters. The first kappa shape index (κ1) is 20.7. The summed E-state index contributed by atoms with van der Waals surface area (Å²) < 4.78 is 1.68. The Morgan fingerprint density at radius 3 is 2.40 bits per heavy atom. The lowest BCUT2D eigenvalue weighted by molar-refractivity contribution is -0.115. The van der Waals surface area contributed by atoms with Crippen molar-refractivity contribution in [3.05, 3.63) is 75.0 Å². The quantitative estimate of drug-likeness (QED) is 0.535. The SMILES string of the molecule is O=C(CNC(=O)c1cnn(-c2ccc(Cl)cc2Cl)c1C1CC1)Nc1ccc(Cl)cc1. The predicted molar refractivity (Wildman–Crippen MR) is 118 cm³/mol. The summed E-state index contributed by atoms with van der Waals surface area (Å²) in [5, 5.41) is 11.3. The minimum atomic E-state index is -0.362. The Balaban J connectivity index is 1.48. The van der Waals surface area contributed by atoms with Gasteiger partial charge in [0.15, 0.2) is 0 Å². The van der Waals surface area contributed by atoms with Gasteiger partial charge in [0.2, 0.25) is 5.91 Å². The first-order valence-corrected chi connectivity index (χ1v) is 10.4. The van der Waals surface area contributed by atoms with E-state index in [0.29, 0.717) is 32.0 Å². The minimum Gasteiger partial charge on any atom is -0.343 e. The molecule has 1 aromatic heterocycles. The van der Waals surface area contributed by atoms with Crippen molar-refractivity contribution >= 4 is 52.3 Å². The number of hydrogen-bond acceptors (Lipinski definition) is 3. The molecule has 1 saturated carbocycles.